The third-order valence-corrected chi connectivity index (χ3v) is 4.53. The van der Waals surface area contributed by atoms with E-state index in [0.29, 0.717) is 5.54 Å². The second kappa shape index (κ2) is 4.38. The van der Waals surface area contributed by atoms with Crippen molar-refractivity contribution in [2.45, 2.75) is 38.1 Å². The smallest absolute Gasteiger partial charge is 0.144 e. The number of methoxy groups -OCH3 is 1. The molecule has 1 heterocycles. The van der Waals surface area contributed by atoms with Crippen LogP contribution in [0.25, 0.3) is 0 Å². The molecule has 0 unspecified atom stereocenters. The molecule has 1 aliphatic carbocycles. The summed E-state index contributed by atoms with van der Waals surface area (Å²) in [5, 5.41) is 3.61. The molecule has 3 heteroatoms. The minimum absolute atomic E-state index is 0.341. The van der Waals surface area contributed by atoms with Gasteiger partial charge in [-0.25, -0.2) is 0 Å². The van der Waals surface area contributed by atoms with E-state index < -0.39 is 0 Å². The lowest BCUT2D eigenvalue weighted by Crippen LogP contribution is -2.54. The third-order valence-electron chi connectivity index (χ3n) is 4.53. The fraction of sp³-hybridized carbons (Fsp3) is 0.600. The van der Waals surface area contributed by atoms with Gasteiger partial charge in [0.05, 0.1) is 18.3 Å². The highest BCUT2D eigenvalue weighted by Crippen LogP contribution is 2.47. The summed E-state index contributed by atoms with van der Waals surface area (Å²) in [4.78, 5) is 2.59. The number of hydrogen-bond acceptors (Lipinski definition) is 3. The second-order valence-corrected chi connectivity index (χ2v) is 5.38. The van der Waals surface area contributed by atoms with Crippen molar-refractivity contribution in [3.63, 3.8) is 0 Å². The molecular weight excluding hydrogens is 224 g/mol. The van der Waals surface area contributed by atoms with Crippen molar-refractivity contribution in [3.8, 4) is 5.75 Å². The number of benzene rings is 1. The summed E-state index contributed by atoms with van der Waals surface area (Å²) in [6, 6.07) is 6.34. The molecule has 0 saturated heterocycles. The third kappa shape index (κ3) is 1.57. The van der Waals surface area contributed by atoms with Gasteiger partial charge >= 0.3 is 0 Å². The first-order valence-corrected chi connectivity index (χ1v) is 6.99. The van der Waals surface area contributed by atoms with Crippen LogP contribution in [0.15, 0.2) is 18.2 Å². The van der Waals surface area contributed by atoms with Gasteiger partial charge in [0.1, 0.15) is 11.4 Å². The van der Waals surface area contributed by atoms with E-state index in [1.165, 1.54) is 37.1 Å². The SMILES string of the molecule is CCN1c2cccc(OC)c2NCC12CCCC2. The standard InChI is InChI=1S/C15H22N2O/c1-3-17-12-7-6-8-13(18-2)14(12)16-11-15(17)9-4-5-10-15/h6-8,16H,3-5,9-11H2,1-2H3. The number of rotatable bonds is 2. The van der Waals surface area contributed by atoms with Gasteiger partial charge in [-0.3, -0.25) is 0 Å². The van der Waals surface area contributed by atoms with Gasteiger partial charge in [-0.2, -0.15) is 0 Å². The first kappa shape index (κ1) is 11.7. The van der Waals surface area contributed by atoms with E-state index in [1.807, 2.05) is 6.07 Å². The minimum Gasteiger partial charge on any atom is -0.495 e. The summed E-state index contributed by atoms with van der Waals surface area (Å²) in [6.45, 7) is 4.38. The van der Waals surface area contributed by atoms with Crippen LogP contribution in [0.4, 0.5) is 11.4 Å². The molecule has 98 valence electrons. The van der Waals surface area contributed by atoms with Crippen LogP contribution in [0.1, 0.15) is 32.6 Å². The number of fused-ring (bicyclic) bond motifs is 1. The predicted molar refractivity (Wildman–Crippen MR) is 75.7 cm³/mol. The first-order chi connectivity index (χ1) is 8.80. The highest BCUT2D eigenvalue weighted by Gasteiger charge is 2.42. The monoisotopic (exact) mass is 246 g/mol. The molecule has 0 aromatic heterocycles. The zero-order valence-electron chi connectivity index (χ0n) is 11.3. The van der Waals surface area contributed by atoms with E-state index in [0.717, 1.165) is 18.8 Å². The molecule has 3 rings (SSSR count). The van der Waals surface area contributed by atoms with Crippen LogP contribution >= 0.6 is 0 Å². The topological polar surface area (TPSA) is 24.5 Å². The molecule has 1 aromatic carbocycles. The Morgan fingerprint density at radius 1 is 1.33 bits per heavy atom. The van der Waals surface area contributed by atoms with Gasteiger partial charge in [0, 0.05) is 13.1 Å². The lowest BCUT2D eigenvalue weighted by atomic mass is 9.91. The Bertz CT molecular complexity index is 438. The Balaban J connectivity index is 2.05. The highest BCUT2D eigenvalue weighted by molar-refractivity contribution is 5.79. The molecular formula is C15H22N2O. The maximum absolute atomic E-state index is 5.47. The minimum atomic E-state index is 0.341. The van der Waals surface area contributed by atoms with Gasteiger partial charge < -0.3 is 15.0 Å². The van der Waals surface area contributed by atoms with Crippen LogP contribution in [0.2, 0.25) is 0 Å². The van der Waals surface area contributed by atoms with Crippen LogP contribution in [0, 0.1) is 0 Å². The van der Waals surface area contributed by atoms with E-state index in [-0.39, 0.29) is 0 Å². The van der Waals surface area contributed by atoms with Crippen LogP contribution in [0.5, 0.6) is 5.75 Å². The zero-order chi connectivity index (χ0) is 12.6. The normalized spacial score (nSPS) is 20.7. The number of para-hydroxylation sites is 1. The molecule has 0 atom stereocenters. The van der Waals surface area contributed by atoms with E-state index >= 15 is 0 Å². The Hall–Kier alpha value is -1.38. The van der Waals surface area contributed by atoms with Gasteiger partial charge in [-0.15, -0.1) is 0 Å². The van der Waals surface area contributed by atoms with E-state index in [1.54, 1.807) is 7.11 Å². The zero-order valence-corrected chi connectivity index (χ0v) is 11.3. The summed E-state index contributed by atoms with van der Waals surface area (Å²) in [5.41, 5.74) is 2.82. The number of hydrogen-bond donors (Lipinski definition) is 1. The van der Waals surface area contributed by atoms with Gasteiger partial charge in [-0.1, -0.05) is 18.9 Å². The van der Waals surface area contributed by atoms with Crippen LogP contribution in [-0.2, 0) is 0 Å². The fourth-order valence-electron chi connectivity index (χ4n) is 3.68. The molecule has 1 N–H and O–H groups in total. The van der Waals surface area contributed by atoms with Crippen molar-refractivity contribution in [1.29, 1.82) is 0 Å². The van der Waals surface area contributed by atoms with Gasteiger partial charge in [0.15, 0.2) is 0 Å². The Morgan fingerprint density at radius 3 is 2.78 bits per heavy atom. The Morgan fingerprint density at radius 2 is 2.11 bits per heavy atom. The van der Waals surface area contributed by atoms with Crippen molar-refractivity contribution in [1.82, 2.24) is 0 Å². The molecule has 2 aliphatic rings. The second-order valence-electron chi connectivity index (χ2n) is 5.38. The molecule has 0 amide bonds. The van der Waals surface area contributed by atoms with Crippen molar-refractivity contribution in [3.05, 3.63) is 18.2 Å². The molecule has 18 heavy (non-hydrogen) atoms. The molecule has 1 fully saturated rings. The maximum Gasteiger partial charge on any atom is 0.144 e. The number of anilines is 2. The van der Waals surface area contributed by atoms with Crippen LogP contribution in [0.3, 0.4) is 0 Å². The summed E-state index contributed by atoms with van der Waals surface area (Å²) in [7, 11) is 1.74. The molecule has 1 aliphatic heterocycles. The Labute approximate surface area is 109 Å². The van der Waals surface area contributed by atoms with Crippen molar-refractivity contribution < 1.29 is 4.74 Å². The van der Waals surface area contributed by atoms with Crippen molar-refractivity contribution >= 4 is 11.4 Å². The predicted octanol–water partition coefficient (Wildman–Crippen LogP) is 3.26. The van der Waals surface area contributed by atoms with E-state index in [4.69, 9.17) is 4.74 Å². The summed E-state index contributed by atoms with van der Waals surface area (Å²) >= 11 is 0. The Kier molecular flexibility index (Phi) is 2.84. The van der Waals surface area contributed by atoms with E-state index in [2.05, 4.69) is 29.3 Å². The largest absolute Gasteiger partial charge is 0.495 e. The number of nitrogens with one attached hydrogen (secondary N) is 1. The molecule has 3 nitrogen and oxygen atoms in total. The van der Waals surface area contributed by atoms with Crippen molar-refractivity contribution in [2.24, 2.45) is 0 Å². The summed E-state index contributed by atoms with van der Waals surface area (Å²) < 4.78 is 5.47. The first-order valence-electron chi connectivity index (χ1n) is 6.99. The number of nitrogens with zero attached hydrogens (tertiary/aromatic N) is 1. The average Bonchev–Trinajstić information content (AvgIpc) is 2.87. The molecule has 1 saturated carbocycles. The van der Waals surface area contributed by atoms with Crippen LogP contribution < -0.4 is 15.0 Å². The van der Waals surface area contributed by atoms with E-state index in [9.17, 15) is 0 Å². The quantitative estimate of drug-likeness (QED) is 0.867. The van der Waals surface area contributed by atoms with Gasteiger partial charge in [0.25, 0.3) is 0 Å². The van der Waals surface area contributed by atoms with Crippen LogP contribution in [-0.4, -0.2) is 25.7 Å². The molecule has 0 bridgehead atoms. The number of ether oxygens (including phenoxy) is 1. The summed E-state index contributed by atoms with van der Waals surface area (Å²) in [5.74, 6) is 0.957. The molecule has 1 spiro atoms. The molecule has 0 radical (unpaired) electrons. The van der Waals surface area contributed by atoms with Gasteiger partial charge in [-0.05, 0) is 31.9 Å². The lowest BCUT2D eigenvalue weighted by Gasteiger charge is -2.47. The lowest BCUT2D eigenvalue weighted by molar-refractivity contribution is 0.397. The average molecular weight is 246 g/mol. The van der Waals surface area contributed by atoms with Crippen molar-refractivity contribution in [2.75, 3.05) is 30.4 Å². The van der Waals surface area contributed by atoms with Gasteiger partial charge in [0.2, 0.25) is 0 Å². The fourth-order valence-corrected chi connectivity index (χ4v) is 3.68. The maximum atomic E-state index is 5.47. The highest BCUT2D eigenvalue weighted by atomic mass is 16.5. The summed E-state index contributed by atoms with van der Waals surface area (Å²) in [6.07, 6.45) is 5.34. The number of likely N-dealkylation sites (N-methyl/N-ethyl adjacent to an activating group) is 1. The molecule has 1 aromatic rings.